The van der Waals surface area contributed by atoms with Crippen molar-refractivity contribution in [2.24, 2.45) is 5.41 Å². The number of halogens is 1. The van der Waals surface area contributed by atoms with E-state index in [1.54, 1.807) is 0 Å². The van der Waals surface area contributed by atoms with Crippen LogP contribution in [0.25, 0.3) is 0 Å². The Kier molecular flexibility index (Phi) is 4.60. The number of aromatic nitrogens is 2. The van der Waals surface area contributed by atoms with Gasteiger partial charge in [-0.3, -0.25) is 0 Å². The van der Waals surface area contributed by atoms with Gasteiger partial charge in [0.1, 0.15) is 0 Å². The third kappa shape index (κ3) is 2.85. The van der Waals surface area contributed by atoms with Crippen molar-refractivity contribution in [2.75, 3.05) is 18.0 Å². The molecule has 0 amide bonds. The average molecular weight is 312 g/mol. The summed E-state index contributed by atoms with van der Waals surface area (Å²) >= 11 is 3.42. The lowest BCUT2D eigenvalue weighted by Gasteiger charge is -2.41. The molecule has 2 rings (SSSR count). The van der Waals surface area contributed by atoms with Gasteiger partial charge in [0.2, 0.25) is 5.95 Å². The normalized spacial score (nSPS) is 18.9. The first kappa shape index (κ1) is 13.8. The second-order valence-electron chi connectivity index (χ2n) is 5.22. The number of hydrogen-bond acceptors (Lipinski definition) is 3. The first-order valence-electron chi connectivity index (χ1n) is 6.85. The largest absolute Gasteiger partial charge is 0.341 e. The summed E-state index contributed by atoms with van der Waals surface area (Å²) in [7, 11) is 0. The minimum absolute atomic E-state index is 0.562. The number of alkyl halides is 1. The van der Waals surface area contributed by atoms with Gasteiger partial charge in [0.05, 0.1) is 0 Å². The smallest absolute Gasteiger partial charge is 0.225 e. The molecule has 0 atom stereocenters. The second kappa shape index (κ2) is 6.00. The molecule has 1 saturated heterocycles. The van der Waals surface area contributed by atoms with Crippen molar-refractivity contribution < 1.29 is 0 Å². The highest BCUT2D eigenvalue weighted by Crippen LogP contribution is 2.38. The molecule has 3 nitrogen and oxygen atoms in total. The first-order valence-corrected chi connectivity index (χ1v) is 7.97. The molecule has 0 N–H and O–H groups in total. The van der Waals surface area contributed by atoms with Crippen LogP contribution in [0.4, 0.5) is 5.95 Å². The molecule has 4 heteroatoms. The Morgan fingerprint density at radius 3 is 2.17 bits per heavy atom. The Hall–Kier alpha value is -0.640. The van der Waals surface area contributed by atoms with Crippen molar-refractivity contribution in [2.45, 2.75) is 44.9 Å². The summed E-state index contributed by atoms with van der Waals surface area (Å²) in [4.78, 5) is 11.2. The Labute approximate surface area is 118 Å². The van der Waals surface area contributed by atoms with Crippen molar-refractivity contribution >= 4 is 21.9 Å². The van der Waals surface area contributed by atoms with Crippen molar-refractivity contribution in [1.82, 2.24) is 9.97 Å². The summed E-state index contributed by atoms with van der Waals surface area (Å²) in [5.74, 6) is 0.889. The van der Waals surface area contributed by atoms with Crippen LogP contribution >= 0.6 is 15.9 Å². The Morgan fingerprint density at radius 2 is 1.72 bits per heavy atom. The van der Waals surface area contributed by atoms with Crippen molar-refractivity contribution in [1.29, 1.82) is 0 Å². The molecule has 0 aliphatic carbocycles. The van der Waals surface area contributed by atoms with E-state index in [4.69, 9.17) is 0 Å². The van der Waals surface area contributed by atoms with Gasteiger partial charge in [-0.1, -0.05) is 42.6 Å². The zero-order valence-electron chi connectivity index (χ0n) is 11.3. The monoisotopic (exact) mass is 311 g/mol. The van der Waals surface area contributed by atoms with E-state index >= 15 is 0 Å². The van der Waals surface area contributed by atoms with Gasteiger partial charge in [0.25, 0.3) is 0 Å². The maximum absolute atomic E-state index is 4.46. The molecule has 1 aliphatic rings. The Balaban J connectivity index is 2.00. The van der Waals surface area contributed by atoms with Crippen LogP contribution in [0.1, 0.15) is 45.1 Å². The number of anilines is 1. The van der Waals surface area contributed by atoms with E-state index in [1.165, 1.54) is 25.7 Å². The molecule has 2 heterocycles. The summed E-state index contributed by atoms with van der Waals surface area (Å²) in [5, 5.41) is 0.821. The molecule has 1 fully saturated rings. The van der Waals surface area contributed by atoms with E-state index < -0.39 is 0 Å². The Bertz CT molecular complexity index is 363. The first-order chi connectivity index (χ1) is 8.73. The minimum atomic E-state index is 0.562. The topological polar surface area (TPSA) is 29.0 Å². The van der Waals surface area contributed by atoms with Crippen molar-refractivity contribution in [3.8, 4) is 0 Å². The molecule has 0 saturated carbocycles. The van der Waals surface area contributed by atoms with Crippen LogP contribution in [0.2, 0.25) is 0 Å². The number of rotatable bonds is 4. The van der Waals surface area contributed by atoms with Crippen LogP contribution in [0, 0.1) is 5.41 Å². The third-order valence-electron chi connectivity index (χ3n) is 4.45. The molecule has 1 aromatic heterocycles. The molecular weight excluding hydrogens is 290 g/mol. The van der Waals surface area contributed by atoms with E-state index in [1.807, 2.05) is 12.4 Å². The number of hydrogen-bond donors (Lipinski definition) is 0. The van der Waals surface area contributed by atoms with Crippen LogP contribution in [-0.4, -0.2) is 23.1 Å². The van der Waals surface area contributed by atoms with E-state index in [0.29, 0.717) is 5.41 Å². The van der Waals surface area contributed by atoms with Gasteiger partial charge in [0, 0.05) is 30.8 Å². The number of nitrogens with zero attached hydrogens (tertiary/aromatic N) is 3. The molecule has 0 unspecified atom stereocenters. The van der Waals surface area contributed by atoms with Crippen LogP contribution in [0.15, 0.2) is 12.4 Å². The van der Waals surface area contributed by atoms with Crippen molar-refractivity contribution in [3.05, 3.63) is 18.0 Å². The lowest BCUT2D eigenvalue weighted by atomic mass is 9.74. The molecule has 0 radical (unpaired) electrons. The zero-order valence-corrected chi connectivity index (χ0v) is 12.9. The fraction of sp³-hybridized carbons (Fsp3) is 0.714. The summed E-state index contributed by atoms with van der Waals surface area (Å²) in [6, 6.07) is 0. The highest BCUT2D eigenvalue weighted by atomic mass is 79.9. The lowest BCUT2D eigenvalue weighted by Crippen LogP contribution is -2.40. The highest BCUT2D eigenvalue weighted by molar-refractivity contribution is 9.08. The molecular formula is C14H22BrN3. The maximum atomic E-state index is 4.46. The van der Waals surface area contributed by atoms with Crippen LogP contribution in [0.5, 0.6) is 0 Å². The molecule has 1 aliphatic heterocycles. The van der Waals surface area contributed by atoms with Gasteiger partial charge in [-0.15, -0.1) is 0 Å². The van der Waals surface area contributed by atoms with E-state index in [2.05, 4.69) is 44.6 Å². The minimum Gasteiger partial charge on any atom is -0.341 e. The van der Waals surface area contributed by atoms with Gasteiger partial charge in [-0.2, -0.15) is 0 Å². The Morgan fingerprint density at radius 1 is 1.17 bits per heavy atom. The second-order valence-corrected chi connectivity index (χ2v) is 5.78. The van der Waals surface area contributed by atoms with Crippen LogP contribution < -0.4 is 4.90 Å². The van der Waals surface area contributed by atoms with Gasteiger partial charge >= 0.3 is 0 Å². The molecule has 0 bridgehead atoms. The quantitative estimate of drug-likeness (QED) is 0.792. The van der Waals surface area contributed by atoms with E-state index in [0.717, 1.165) is 29.9 Å². The standard InChI is InChI=1S/C14H22BrN3/c1-3-14(4-2)5-7-18(8-6-14)13-16-10-12(9-15)11-17-13/h10-11H,3-9H2,1-2H3. The zero-order chi connectivity index (χ0) is 13.0. The molecule has 100 valence electrons. The van der Waals surface area contributed by atoms with Crippen LogP contribution in [-0.2, 0) is 5.33 Å². The number of piperidine rings is 1. The average Bonchev–Trinajstić information content (AvgIpc) is 2.47. The van der Waals surface area contributed by atoms with E-state index in [-0.39, 0.29) is 0 Å². The maximum Gasteiger partial charge on any atom is 0.225 e. The van der Waals surface area contributed by atoms with E-state index in [9.17, 15) is 0 Å². The highest BCUT2D eigenvalue weighted by Gasteiger charge is 2.31. The van der Waals surface area contributed by atoms with Crippen molar-refractivity contribution in [3.63, 3.8) is 0 Å². The van der Waals surface area contributed by atoms with Gasteiger partial charge in [-0.25, -0.2) is 9.97 Å². The fourth-order valence-electron chi connectivity index (χ4n) is 2.72. The SMILES string of the molecule is CCC1(CC)CCN(c2ncc(CBr)cn2)CC1. The molecule has 18 heavy (non-hydrogen) atoms. The molecule has 1 aromatic rings. The fourth-order valence-corrected chi connectivity index (χ4v) is 3.01. The molecule has 0 spiro atoms. The van der Waals surface area contributed by atoms with Crippen LogP contribution in [0.3, 0.4) is 0 Å². The predicted molar refractivity (Wildman–Crippen MR) is 79.1 cm³/mol. The summed E-state index contributed by atoms with van der Waals surface area (Å²) in [6.07, 6.45) is 8.95. The third-order valence-corrected chi connectivity index (χ3v) is 5.10. The van der Waals surface area contributed by atoms with Gasteiger partial charge in [0.15, 0.2) is 0 Å². The summed E-state index contributed by atoms with van der Waals surface area (Å²) in [5.41, 5.74) is 1.69. The lowest BCUT2D eigenvalue weighted by molar-refractivity contribution is 0.198. The predicted octanol–water partition coefficient (Wildman–Crippen LogP) is 3.78. The molecule has 0 aromatic carbocycles. The van der Waals surface area contributed by atoms with Gasteiger partial charge < -0.3 is 4.90 Å². The summed E-state index contributed by atoms with van der Waals surface area (Å²) < 4.78 is 0. The summed E-state index contributed by atoms with van der Waals surface area (Å²) in [6.45, 7) is 6.82. The van der Waals surface area contributed by atoms with Gasteiger partial charge in [-0.05, 0) is 23.8 Å².